The van der Waals surface area contributed by atoms with Crippen LogP contribution in [0.5, 0.6) is 5.75 Å². The zero-order valence-corrected chi connectivity index (χ0v) is 17.2. The predicted octanol–water partition coefficient (Wildman–Crippen LogP) is 6.41. The predicted molar refractivity (Wildman–Crippen MR) is 114 cm³/mol. The van der Waals surface area contributed by atoms with Crippen molar-refractivity contribution in [1.29, 1.82) is 0 Å². The molecule has 3 aromatic carbocycles. The number of hydrogen-bond donors (Lipinski definition) is 0. The highest BCUT2D eigenvalue weighted by atomic mass is 35.5. The molecule has 0 radical (unpaired) electrons. The summed E-state index contributed by atoms with van der Waals surface area (Å²) in [4.78, 5) is 15.2. The molecule has 5 heteroatoms. The summed E-state index contributed by atoms with van der Waals surface area (Å²) >= 11 is 12.2. The third kappa shape index (κ3) is 4.67. The Labute approximate surface area is 175 Å². The molecule has 1 atom stereocenters. The van der Waals surface area contributed by atoms with Crippen molar-refractivity contribution in [3.05, 3.63) is 99.5 Å². The van der Waals surface area contributed by atoms with Gasteiger partial charge in [-0.05, 0) is 48.4 Å². The third-order valence-corrected chi connectivity index (χ3v) is 5.40. The molecule has 0 saturated carbocycles. The molecule has 0 aromatic heterocycles. The van der Waals surface area contributed by atoms with Crippen molar-refractivity contribution in [3.8, 4) is 5.75 Å². The second-order valence-corrected chi connectivity index (χ2v) is 7.31. The van der Waals surface area contributed by atoms with Gasteiger partial charge in [-0.25, -0.2) is 0 Å². The Balaban J connectivity index is 1.97. The van der Waals surface area contributed by atoms with Crippen LogP contribution in [0.2, 0.25) is 10.0 Å². The van der Waals surface area contributed by atoms with Gasteiger partial charge < -0.3 is 9.64 Å². The first kappa shape index (κ1) is 20.2. The van der Waals surface area contributed by atoms with Crippen molar-refractivity contribution < 1.29 is 9.53 Å². The summed E-state index contributed by atoms with van der Waals surface area (Å²) in [6.07, 6.45) is 0. The highest BCUT2D eigenvalue weighted by molar-refractivity contribution is 6.42. The average molecular weight is 414 g/mol. The number of amides is 1. The number of hydrogen-bond acceptors (Lipinski definition) is 2. The van der Waals surface area contributed by atoms with E-state index in [0.717, 1.165) is 11.1 Å². The van der Waals surface area contributed by atoms with E-state index in [0.29, 0.717) is 27.9 Å². The van der Waals surface area contributed by atoms with Crippen molar-refractivity contribution in [2.75, 3.05) is 7.11 Å². The second kappa shape index (κ2) is 9.13. The van der Waals surface area contributed by atoms with Crippen molar-refractivity contribution in [2.24, 2.45) is 0 Å². The number of nitrogens with zero attached hydrogens (tertiary/aromatic N) is 1. The molecule has 0 N–H and O–H groups in total. The molecule has 0 aliphatic rings. The minimum absolute atomic E-state index is 0.0821. The summed E-state index contributed by atoms with van der Waals surface area (Å²) in [5.74, 6) is 0.564. The molecule has 0 heterocycles. The molecule has 0 fully saturated rings. The van der Waals surface area contributed by atoms with Gasteiger partial charge in [0.25, 0.3) is 5.91 Å². The highest BCUT2D eigenvalue weighted by Gasteiger charge is 2.23. The number of rotatable bonds is 6. The molecule has 144 valence electrons. The lowest BCUT2D eigenvalue weighted by Gasteiger charge is -2.30. The first-order valence-electron chi connectivity index (χ1n) is 8.93. The molecule has 3 rings (SSSR count). The van der Waals surface area contributed by atoms with Crippen molar-refractivity contribution in [3.63, 3.8) is 0 Å². The zero-order chi connectivity index (χ0) is 20.1. The molecule has 0 spiro atoms. The molecular formula is C23H21Cl2NO2. The number of carbonyl (C=O) groups excluding carboxylic acids is 1. The Bertz CT molecular complexity index is 960. The summed E-state index contributed by atoms with van der Waals surface area (Å²) in [7, 11) is 1.59. The van der Waals surface area contributed by atoms with Gasteiger partial charge in [-0.2, -0.15) is 0 Å². The van der Waals surface area contributed by atoms with Gasteiger partial charge in [0.05, 0.1) is 23.2 Å². The van der Waals surface area contributed by atoms with E-state index in [1.165, 1.54) is 0 Å². The minimum atomic E-state index is -0.130. The van der Waals surface area contributed by atoms with Gasteiger partial charge in [-0.1, -0.05) is 65.7 Å². The van der Waals surface area contributed by atoms with Crippen LogP contribution < -0.4 is 4.74 Å². The van der Waals surface area contributed by atoms with E-state index in [2.05, 4.69) is 0 Å². The molecule has 3 nitrogen and oxygen atoms in total. The molecule has 28 heavy (non-hydrogen) atoms. The van der Waals surface area contributed by atoms with Crippen molar-refractivity contribution in [2.45, 2.75) is 19.5 Å². The average Bonchev–Trinajstić information content (AvgIpc) is 2.74. The number of benzene rings is 3. The Hall–Kier alpha value is -2.49. The maximum absolute atomic E-state index is 13.4. The van der Waals surface area contributed by atoms with Crippen LogP contribution in [0.4, 0.5) is 0 Å². The zero-order valence-electron chi connectivity index (χ0n) is 15.7. The second-order valence-electron chi connectivity index (χ2n) is 6.50. The van der Waals surface area contributed by atoms with Crippen LogP contribution in [-0.4, -0.2) is 17.9 Å². The van der Waals surface area contributed by atoms with E-state index in [1.807, 2.05) is 60.4 Å². The quantitative estimate of drug-likeness (QED) is 0.467. The fourth-order valence-corrected chi connectivity index (χ4v) is 3.37. The topological polar surface area (TPSA) is 29.5 Å². The van der Waals surface area contributed by atoms with Gasteiger partial charge in [-0.15, -0.1) is 0 Å². The van der Waals surface area contributed by atoms with Gasteiger partial charge in [-0.3, -0.25) is 4.79 Å². The number of halogens is 2. The lowest BCUT2D eigenvalue weighted by Crippen LogP contribution is -2.33. The Morgan fingerprint density at radius 3 is 2.39 bits per heavy atom. The standard InChI is InChI=1S/C23H21Cl2NO2/c1-16(18-7-4-3-5-8-18)26(15-17-11-12-21(24)22(25)13-17)23(27)19-9-6-10-20(14-19)28-2/h3-14,16H,15H2,1-2H3. The van der Waals surface area contributed by atoms with E-state index in [1.54, 1.807) is 31.4 Å². The number of methoxy groups -OCH3 is 1. The van der Waals surface area contributed by atoms with Crippen LogP contribution in [0.15, 0.2) is 72.8 Å². The van der Waals surface area contributed by atoms with Gasteiger partial charge in [0.15, 0.2) is 0 Å². The summed E-state index contributed by atoms with van der Waals surface area (Å²) < 4.78 is 5.27. The van der Waals surface area contributed by atoms with Crippen molar-refractivity contribution >= 4 is 29.1 Å². The largest absolute Gasteiger partial charge is 0.497 e. The van der Waals surface area contributed by atoms with E-state index >= 15 is 0 Å². The van der Waals surface area contributed by atoms with Crippen LogP contribution in [0.25, 0.3) is 0 Å². The lowest BCUT2D eigenvalue weighted by molar-refractivity contribution is 0.0673. The monoisotopic (exact) mass is 413 g/mol. The Morgan fingerprint density at radius 2 is 1.71 bits per heavy atom. The summed E-state index contributed by atoms with van der Waals surface area (Å²) in [5, 5.41) is 0.965. The molecule has 0 aliphatic carbocycles. The van der Waals surface area contributed by atoms with Crippen LogP contribution in [0.1, 0.15) is 34.5 Å². The van der Waals surface area contributed by atoms with E-state index < -0.39 is 0 Å². The smallest absolute Gasteiger partial charge is 0.254 e. The maximum Gasteiger partial charge on any atom is 0.254 e. The molecule has 1 amide bonds. The first-order chi connectivity index (χ1) is 13.5. The van der Waals surface area contributed by atoms with Gasteiger partial charge in [0, 0.05) is 12.1 Å². The molecule has 0 saturated heterocycles. The van der Waals surface area contributed by atoms with E-state index in [-0.39, 0.29) is 11.9 Å². The number of ether oxygens (including phenoxy) is 1. The summed E-state index contributed by atoms with van der Waals surface area (Å²) in [6, 6.07) is 22.4. The van der Waals surface area contributed by atoms with Gasteiger partial charge >= 0.3 is 0 Å². The van der Waals surface area contributed by atoms with E-state index in [4.69, 9.17) is 27.9 Å². The van der Waals surface area contributed by atoms with Gasteiger partial charge in [0.2, 0.25) is 0 Å². The molecule has 0 aliphatic heterocycles. The van der Waals surface area contributed by atoms with Crippen LogP contribution >= 0.6 is 23.2 Å². The van der Waals surface area contributed by atoms with Crippen LogP contribution in [0, 0.1) is 0 Å². The lowest BCUT2D eigenvalue weighted by atomic mass is 10.0. The fraction of sp³-hybridized carbons (Fsp3) is 0.174. The number of carbonyl (C=O) groups is 1. The minimum Gasteiger partial charge on any atom is -0.497 e. The first-order valence-corrected chi connectivity index (χ1v) is 9.69. The Kier molecular flexibility index (Phi) is 6.61. The normalized spacial score (nSPS) is 11.7. The van der Waals surface area contributed by atoms with Crippen LogP contribution in [0.3, 0.4) is 0 Å². The highest BCUT2D eigenvalue weighted by Crippen LogP contribution is 2.28. The molecule has 0 bridgehead atoms. The van der Waals surface area contributed by atoms with Crippen LogP contribution in [-0.2, 0) is 6.54 Å². The SMILES string of the molecule is COc1cccc(C(=O)N(Cc2ccc(Cl)c(Cl)c2)C(C)c2ccccc2)c1. The molecular weight excluding hydrogens is 393 g/mol. The van der Waals surface area contributed by atoms with Crippen molar-refractivity contribution in [1.82, 2.24) is 4.90 Å². The van der Waals surface area contributed by atoms with E-state index in [9.17, 15) is 4.79 Å². The van der Waals surface area contributed by atoms with Gasteiger partial charge in [0.1, 0.15) is 5.75 Å². The molecule has 1 unspecified atom stereocenters. The maximum atomic E-state index is 13.4. The summed E-state index contributed by atoms with van der Waals surface area (Å²) in [5.41, 5.74) is 2.54. The molecule has 3 aromatic rings. The third-order valence-electron chi connectivity index (χ3n) is 4.66. The fourth-order valence-electron chi connectivity index (χ4n) is 3.05. The Morgan fingerprint density at radius 1 is 0.964 bits per heavy atom. The summed E-state index contributed by atoms with van der Waals surface area (Å²) in [6.45, 7) is 2.42.